The number of rotatable bonds is 16. The number of aromatic nitrogens is 1. The summed E-state index contributed by atoms with van der Waals surface area (Å²) in [6, 6.07) is 4.32. The van der Waals surface area contributed by atoms with Gasteiger partial charge in [-0.05, 0) is 55.1 Å². The van der Waals surface area contributed by atoms with Crippen LogP contribution in [-0.4, -0.2) is 11.6 Å². The summed E-state index contributed by atoms with van der Waals surface area (Å²) in [5.41, 5.74) is 1.24. The first-order valence-electron chi connectivity index (χ1n) is 15.3. The van der Waals surface area contributed by atoms with Crippen LogP contribution in [0.15, 0.2) is 18.3 Å². The third-order valence-electron chi connectivity index (χ3n) is 9.00. The highest BCUT2D eigenvalue weighted by atomic mass is 16.5. The number of unbranched alkanes of at least 4 members (excludes halogenated alkanes) is 5. The van der Waals surface area contributed by atoms with Gasteiger partial charge in [-0.1, -0.05) is 123 Å². The number of aryl methyl sites for hydroxylation is 1. The Bertz CT molecular complexity index is 610. The second-order valence-electron chi connectivity index (χ2n) is 11.8. The Morgan fingerprint density at radius 2 is 1.21 bits per heavy atom. The maximum Gasteiger partial charge on any atom is 0.137 e. The second kappa shape index (κ2) is 16.6. The zero-order valence-corrected chi connectivity index (χ0v) is 22.7. The number of nitrogens with zero attached hydrogens (tertiary/aromatic N) is 1. The predicted octanol–water partition coefficient (Wildman–Crippen LogP) is 9.95. The molecular formula is C32H55NO. The Kier molecular flexibility index (Phi) is 13.4. The molecule has 1 heterocycles. The Hall–Kier alpha value is -1.05. The summed E-state index contributed by atoms with van der Waals surface area (Å²) in [6.45, 7) is 5.42. The van der Waals surface area contributed by atoms with Crippen LogP contribution in [0.3, 0.4) is 0 Å². The molecule has 0 aliphatic heterocycles. The summed E-state index contributed by atoms with van der Waals surface area (Å²) < 4.78 is 5.87. The minimum Gasteiger partial charge on any atom is -0.492 e. The second-order valence-corrected chi connectivity index (χ2v) is 11.8. The lowest BCUT2D eigenvalue weighted by Gasteiger charge is -2.32. The molecule has 0 N–H and O–H groups in total. The zero-order valence-electron chi connectivity index (χ0n) is 22.7. The Balaban J connectivity index is 1.22. The number of hydrogen-bond donors (Lipinski definition) is 0. The molecule has 2 saturated carbocycles. The molecule has 0 radical (unpaired) electrons. The van der Waals surface area contributed by atoms with Crippen LogP contribution in [0.4, 0.5) is 0 Å². The average molecular weight is 470 g/mol. The first-order valence-corrected chi connectivity index (χ1v) is 15.3. The van der Waals surface area contributed by atoms with Gasteiger partial charge in [0.05, 0.1) is 12.8 Å². The van der Waals surface area contributed by atoms with Crippen molar-refractivity contribution in [2.24, 2.45) is 23.7 Å². The van der Waals surface area contributed by atoms with Crippen molar-refractivity contribution < 1.29 is 4.74 Å². The fourth-order valence-electron chi connectivity index (χ4n) is 6.47. The van der Waals surface area contributed by atoms with E-state index in [0.717, 1.165) is 48.9 Å². The van der Waals surface area contributed by atoms with Crippen molar-refractivity contribution in [3.63, 3.8) is 0 Å². The van der Waals surface area contributed by atoms with E-state index in [0.29, 0.717) is 0 Å². The molecule has 0 atom stereocenters. The average Bonchev–Trinajstić information content (AvgIpc) is 2.89. The van der Waals surface area contributed by atoms with E-state index >= 15 is 0 Å². The van der Waals surface area contributed by atoms with Gasteiger partial charge in [-0.2, -0.15) is 0 Å². The monoisotopic (exact) mass is 469 g/mol. The molecular weight excluding hydrogens is 414 g/mol. The van der Waals surface area contributed by atoms with Crippen molar-refractivity contribution in [1.29, 1.82) is 0 Å². The maximum atomic E-state index is 5.87. The lowest BCUT2D eigenvalue weighted by atomic mass is 9.74. The van der Waals surface area contributed by atoms with E-state index in [4.69, 9.17) is 4.74 Å². The van der Waals surface area contributed by atoms with Gasteiger partial charge in [0.25, 0.3) is 0 Å². The van der Waals surface area contributed by atoms with E-state index in [1.54, 1.807) is 0 Å². The van der Waals surface area contributed by atoms with Gasteiger partial charge in [-0.3, -0.25) is 4.98 Å². The van der Waals surface area contributed by atoms with Gasteiger partial charge in [-0.25, -0.2) is 0 Å². The summed E-state index contributed by atoms with van der Waals surface area (Å²) in [6.07, 6.45) is 30.1. The van der Waals surface area contributed by atoms with Gasteiger partial charge in [0, 0.05) is 5.69 Å². The summed E-state index contributed by atoms with van der Waals surface area (Å²) in [5.74, 6) is 4.99. The van der Waals surface area contributed by atoms with E-state index in [1.165, 1.54) is 121 Å². The molecule has 2 fully saturated rings. The molecule has 2 nitrogen and oxygen atoms in total. The first kappa shape index (κ1) is 27.5. The standard InChI is InChI=1S/C32H55NO/c1-3-5-7-8-9-25-34-32-24-23-31(33-26-32)22-21-30-19-17-29(18-20-30)16-15-28-13-11-27(12-14-28)10-6-4-2/h23-24,26-30H,3-22,25H2,1-2H3/t27-,28-,29?,30?. The van der Waals surface area contributed by atoms with E-state index in [9.17, 15) is 0 Å². The molecule has 2 aliphatic rings. The highest BCUT2D eigenvalue weighted by molar-refractivity contribution is 5.19. The van der Waals surface area contributed by atoms with Crippen molar-refractivity contribution >= 4 is 0 Å². The van der Waals surface area contributed by atoms with Crippen molar-refractivity contribution in [3.8, 4) is 5.75 Å². The van der Waals surface area contributed by atoms with Crippen molar-refractivity contribution in [2.45, 2.75) is 142 Å². The van der Waals surface area contributed by atoms with Gasteiger partial charge < -0.3 is 4.74 Å². The minimum absolute atomic E-state index is 0.828. The third-order valence-corrected chi connectivity index (χ3v) is 9.00. The van der Waals surface area contributed by atoms with Crippen molar-refractivity contribution in [2.75, 3.05) is 6.61 Å². The van der Waals surface area contributed by atoms with Crippen LogP contribution in [0.1, 0.15) is 142 Å². The normalized spacial score (nSPS) is 25.4. The topological polar surface area (TPSA) is 22.1 Å². The number of pyridine rings is 1. The van der Waals surface area contributed by atoms with Gasteiger partial charge >= 0.3 is 0 Å². The minimum atomic E-state index is 0.828. The van der Waals surface area contributed by atoms with E-state index < -0.39 is 0 Å². The van der Waals surface area contributed by atoms with Gasteiger partial charge in [0.2, 0.25) is 0 Å². The fourth-order valence-corrected chi connectivity index (χ4v) is 6.47. The lowest BCUT2D eigenvalue weighted by Crippen LogP contribution is -2.18. The lowest BCUT2D eigenvalue weighted by molar-refractivity contribution is 0.208. The van der Waals surface area contributed by atoms with Crippen LogP contribution < -0.4 is 4.74 Å². The largest absolute Gasteiger partial charge is 0.492 e. The highest BCUT2D eigenvalue weighted by Gasteiger charge is 2.24. The van der Waals surface area contributed by atoms with Crippen LogP contribution >= 0.6 is 0 Å². The molecule has 0 spiro atoms. The summed E-state index contributed by atoms with van der Waals surface area (Å²) in [5, 5.41) is 0. The van der Waals surface area contributed by atoms with Gasteiger partial charge in [-0.15, -0.1) is 0 Å². The van der Waals surface area contributed by atoms with Crippen LogP contribution in [-0.2, 0) is 6.42 Å². The Labute approximate surface area is 212 Å². The maximum absolute atomic E-state index is 5.87. The van der Waals surface area contributed by atoms with E-state index in [-0.39, 0.29) is 0 Å². The van der Waals surface area contributed by atoms with Crippen molar-refractivity contribution in [1.82, 2.24) is 4.98 Å². The van der Waals surface area contributed by atoms with Crippen LogP contribution in [0, 0.1) is 23.7 Å². The molecule has 0 unspecified atom stereocenters. The zero-order chi connectivity index (χ0) is 23.8. The summed E-state index contributed by atoms with van der Waals surface area (Å²) in [7, 11) is 0. The molecule has 1 aromatic rings. The fraction of sp³-hybridized carbons (Fsp3) is 0.844. The molecule has 0 saturated heterocycles. The molecule has 2 aliphatic carbocycles. The Morgan fingerprint density at radius 1 is 0.647 bits per heavy atom. The molecule has 3 rings (SSSR count). The van der Waals surface area contributed by atoms with Crippen LogP contribution in [0.25, 0.3) is 0 Å². The Morgan fingerprint density at radius 3 is 1.76 bits per heavy atom. The molecule has 0 bridgehead atoms. The van der Waals surface area contributed by atoms with Crippen LogP contribution in [0.2, 0.25) is 0 Å². The highest BCUT2D eigenvalue weighted by Crippen LogP contribution is 2.38. The number of ether oxygens (including phenoxy) is 1. The molecule has 194 valence electrons. The molecule has 0 aromatic carbocycles. The third kappa shape index (κ3) is 10.7. The SMILES string of the molecule is CCCCCCCOc1ccc(CCC2CCC(CC[C@H]3CC[C@H](CCCC)CC3)CC2)nc1. The molecule has 1 aromatic heterocycles. The number of hydrogen-bond acceptors (Lipinski definition) is 2. The summed E-state index contributed by atoms with van der Waals surface area (Å²) >= 11 is 0. The molecule has 0 amide bonds. The van der Waals surface area contributed by atoms with E-state index in [2.05, 4.69) is 31.0 Å². The van der Waals surface area contributed by atoms with Crippen molar-refractivity contribution in [3.05, 3.63) is 24.0 Å². The van der Waals surface area contributed by atoms with Gasteiger partial charge in [0.15, 0.2) is 0 Å². The van der Waals surface area contributed by atoms with Crippen LogP contribution in [0.5, 0.6) is 5.75 Å². The first-order chi connectivity index (χ1) is 16.8. The molecule has 2 heteroatoms. The quantitative estimate of drug-likeness (QED) is 0.225. The van der Waals surface area contributed by atoms with Gasteiger partial charge in [0.1, 0.15) is 5.75 Å². The predicted molar refractivity (Wildman–Crippen MR) is 146 cm³/mol. The van der Waals surface area contributed by atoms with E-state index in [1.807, 2.05) is 6.20 Å². The smallest absolute Gasteiger partial charge is 0.137 e. The summed E-state index contributed by atoms with van der Waals surface area (Å²) in [4.78, 5) is 4.68. The molecule has 34 heavy (non-hydrogen) atoms.